The van der Waals surface area contributed by atoms with E-state index in [1.807, 2.05) is 0 Å². The summed E-state index contributed by atoms with van der Waals surface area (Å²) in [6.07, 6.45) is 0. The smallest absolute Gasteiger partial charge is 0.269 e. The lowest BCUT2D eigenvalue weighted by Crippen LogP contribution is -1.62. The Morgan fingerprint density at radius 2 is 0.778 bits per heavy atom. The van der Waals surface area contributed by atoms with Crippen molar-refractivity contribution in [3.63, 3.8) is 0 Å². The number of thiol groups is 1. The molecule has 0 aliphatic heterocycles. The lowest BCUT2D eigenvalue weighted by Gasteiger charge is -1.69. The molecule has 0 saturated carbocycles. The van der Waals surface area contributed by atoms with Crippen molar-refractivity contribution in [3.05, 3.63) is 0 Å². The maximum Gasteiger partial charge on any atom is 0.281 e. The lowest BCUT2D eigenvalue weighted by molar-refractivity contribution is 0.255. The molecule has 0 fully saturated rings. The molecule has 0 aromatic rings. The zero-order chi connectivity index (χ0) is 3.58. The zero-order valence-corrected chi connectivity index (χ0v) is 4.72. The molecule has 0 nitrogen and oxygen atoms in total. The van der Waals surface area contributed by atoms with Gasteiger partial charge in [0.05, 0.1) is 0 Å². The largest absolute Gasteiger partial charge is 0.281 e. The van der Waals surface area contributed by atoms with Crippen LogP contribution in [0.4, 0.5) is 32.3 Å². The molecule has 8 heteroatoms. The Hall–Kier alpha value is -0.140. The number of alkyl halides is 2. The van der Waals surface area contributed by atoms with Crippen LogP contribution in [0.3, 0.4) is 0 Å². The molecule has 0 rings (SSSR count). The van der Waals surface area contributed by atoms with Crippen LogP contribution >= 0.6 is 12.6 Å². The molecular weight excluding hydrogens is 177 g/mol. The number of halogens is 7. The van der Waals surface area contributed by atoms with Crippen molar-refractivity contribution < 1.29 is 32.3 Å². The Labute approximate surface area is 51.9 Å². The average Bonchev–Trinajstić information content (AvgIpc) is 0.811. The second-order valence-electron chi connectivity index (χ2n) is 0.278. The van der Waals surface area contributed by atoms with Crippen LogP contribution in [-0.4, -0.2) is 5.76 Å². The predicted molar refractivity (Wildman–Crippen MR) is 27.5 cm³/mol. The first-order valence-corrected chi connectivity index (χ1v) is 1.21. The van der Waals surface area contributed by atoms with Gasteiger partial charge in [-0.05, 0) is 0 Å². The normalized spacial score (nSPS) is 4.00. The van der Waals surface area contributed by atoms with E-state index in [9.17, 15) is 8.78 Å². The molecule has 0 aromatic heterocycles. The van der Waals surface area contributed by atoms with E-state index in [1.165, 1.54) is 0 Å². The Morgan fingerprint density at radius 1 is 0.778 bits per heavy atom. The van der Waals surface area contributed by atoms with Gasteiger partial charge in [-0.25, -0.2) is 0 Å². The first-order valence-electron chi connectivity index (χ1n) is 0.695. The van der Waals surface area contributed by atoms with Crippen molar-refractivity contribution in [1.29, 1.82) is 0 Å². The third kappa shape index (κ3) is 13800. The minimum Gasteiger partial charge on any atom is -0.269 e. The molecule has 0 bridgehead atoms. The summed E-state index contributed by atoms with van der Waals surface area (Å²) in [6.45, 7) is 0. The third-order valence-corrected chi connectivity index (χ3v) is 0. The second kappa shape index (κ2) is 45.2. The maximum atomic E-state index is 10.2. The SMILES string of the molecule is F.F.F.F.F.FC(F)S. The molecule has 0 spiro atoms. The molecule has 0 aliphatic carbocycles. The van der Waals surface area contributed by atoms with Crippen molar-refractivity contribution in [2.75, 3.05) is 0 Å². The first-order chi connectivity index (χ1) is 1.73. The second-order valence-corrected chi connectivity index (χ2v) is 0.668. The van der Waals surface area contributed by atoms with E-state index in [-0.39, 0.29) is 23.5 Å². The van der Waals surface area contributed by atoms with Crippen molar-refractivity contribution >= 4 is 12.6 Å². The Kier molecular flexibility index (Phi) is 336. The van der Waals surface area contributed by atoms with Crippen LogP contribution in [0.25, 0.3) is 0 Å². The molecule has 0 radical (unpaired) electrons. The summed E-state index contributed by atoms with van der Waals surface area (Å²) in [5, 5.41) is 0. The van der Waals surface area contributed by atoms with Crippen molar-refractivity contribution in [2.45, 2.75) is 5.76 Å². The van der Waals surface area contributed by atoms with Crippen LogP contribution in [0.15, 0.2) is 0 Å². The van der Waals surface area contributed by atoms with Crippen molar-refractivity contribution in [2.24, 2.45) is 0 Å². The highest BCUT2D eigenvalue weighted by atomic mass is 32.1. The van der Waals surface area contributed by atoms with Gasteiger partial charge in [0, 0.05) is 0 Å². The molecule has 0 N–H and O–H groups in total. The van der Waals surface area contributed by atoms with Crippen LogP contribution in [0, 0.1) is 0 Å². The van der Waals surface area contributed by atoms with Gasteiger partial charge in [0.25, 0.3) is 5.76 Å². The van der Waals surface area contributed by atoms with E-state index in [2.05, 4.69) is 12.6 Å². The Bertz CT molecular complexity index is 13.6. The highest BCUT2D eigenvalue weighted by molar-refractivity contribution is 7.80. The van der Waals surface area contributed by atoms with E-state index >= 15 is 0 Å². The van der Waals surface area contributed by atoms with Crippen LogP contribution in [0.5, 0.6) is 0 Å². The van der Waals surface area contributed by atoms with Gasteiger partial charge >= 0.3 is 0 Å². The molecule has 9 heavy (non-hydrogen) atoms. The lowest BCUT2D eigenvalue weighted by atomic mass is 11.7. The summed E-state index contributed by atoms with van der Waals surface area (Å²) in [5.41, 5.74) is 0. The molecule has 0 saturated heterocycles. The Balaban J connectivity index is -0.00000000450. The van der Waals surface area contributed by atoms with Gasteiger partial charge in [0.1, 0.15) is 0 Å². The van der Waals surface area contributed by atoms with Crippen molar-refractivity contribution in [1.82, 2.24) is 0 Å². The number of rotatable bonds is 0. The summed E-state index contributed by atoms with van der Waals surface area (Å²) in [6, 6.07) is 0. The van der Waals surface area contributed by atoms with Gasteiger partial charge in [-0.1, -0.05) is 0 Å². The van der Waals surface area contributed by atoms with E-state index in [0.29, 0.717) is 0 Å². The summed E-state index contributed by atoms with van der Waals surface area (Å²) in [5.74, 6) is -2.47. The van der Waals surface area contributed by atoms with Gasteiger partial charge in [-0.2, -0.15) is 8.78 Å². The zero-order valence-electron chi connectivity index (χ0n) is 3.82. The fraction of sp³-hybridized carbons (Fsp3) is 1.00. The highest BCUT2D eigenvalue weighted by Crippen LogP contribution is 1.92. The van der Waals surface area contributed by atoms with Crippen LogP contribution in [0.2, 0.25) is 0 Å². The number of hydrogen-bond donors (Lipinski definition) is 1. The predicted octanol–water partition coefficient (Wildman–Crippen LogP) is 1.90. The average molecular weight is 184 g/mol. The molecule has 0 aromatic carbocycles. The van der Waals surface area contributed by atoms with E-state index in [0.717, 1.165) is 0 Å². The topological polar surface area (TPSA) is 0 Å². The van der Waals surface area contributed by atoms with Crippen LogP contribution < -0.4 is 0 Å². The molecular formula is CH7F7S. The quantitative estimate of drug-likeness (QED) is 0.431. The molecule has 0 aliphatic rings. The molecule has 0 heterocycles. The van der Waals surface area contributed by atoms with Crippen LogP contribution in [-0.2, 0) is 0 Å². The Morgan fingerprint density at radius 3 is 0.778 bits per heavy atom. The summed E-state index contributed by atoms with van der Waals surface area (Å²) in [4.78, 5) is 0. The minimum absolute atomic E-state index is 0. The van der Waals surface area contributed by atoms with Gasteiger partial charge in [0.2, 0.25) is 0 Å². The molecule has 0 unspecified atom stereocenters. The fourth-order valence-electron chi connectivity index (χ4n) is 0. The van der Waals surface area contributed by atoms with Gasteiger partial charge in [-0.15, -0.1) is 12.6 Å². The van der Waals surface area contributed by atoms with Crippen molar-refractivity contribution in [3.8, 4) is 0 Å². The fourth-order valence-corrected chi connectivity index (χ4v) is 0. The van der Waals surface area contributed by atoms with E-state index in [1.54, 1.807) is 0 Å². The van der Waals surface area contributed by atoms with E-state index < -0.39 is 5.76 Å². The minimum atomic E-state index is -2.47. The monoisotopic (exact) mass is 184 g/mol. The van der Waals surface area contributed by atoms with Gasteiger partial charge in [-0.3, -0.25) is 23.5 Å². The first kappa shape index (κ1) is 66.9. The molecule has 0 amide bonds. The van der Waals surface area contributed by atoms with Gasteiger partial charge < -0.3 is 0 Å². The molecule has 0 atom stereocenters. The summed E-state index contributed by atoms with van der Waals surface area (Å²) in [7, 11) is 0. The maximum absolute atomic E-state index is 10.2. The molecule has 66 valence electrons. The summed E-state index contributed by atoms with van der Waals surface area (Å²) < 4.78 is 20.4. The van der Waals surface area contributed by atoms with Gasteiger partial charge in [0.15, 0.2) is 0 Å². The van der Waals surface area contributed by atoms with Crippen LogP contribution in [0.1, 0.15) is 0 Å². The highest BCUT2D eigenvalue weighted by Gasteiger charge is 1.80. The number of hydrogen-bond acceptors (Lipinski definition) is 1. The third-order valence-electron chi connectivity index (χ3n) is 0. The van der Waals surface area contributed by atoms with E-state index in [4.69, 9.17) is 0 Å². The standard InChI is InChI=1S/CH2F2S.5FH/c2-1(3)4;;;;;/h1,4H;5*1H. The summed E-state index contributed by atoms with van der Waals surface area (Å²) >= 11 is 2.63.